The van der Waals surface area contributed by atoms with Gasteiger partial charge in [0.15, 0.2) is 0 Å². The molecular formula is C17H21FN2O3. The van der Waals surface area contributed by atoms with Gasteiger partial charge in [-0.05, 0) is 50.1 Å². The van der Waals surface area contributed by atoms with E-state index in [1.54, 1.807) is 45.0 Å². The molecule has 5 nitrogen and oxygen atoms in total. The minimum atomic E-state index is -1.30. The zero-order chi connectivity index (χ0) is 17.0. The highest BCUT2D eigenvalue weighted by Crippen LogP contribution is 2.21. The first-order valence-electron chi connectivity index (χ1n) is 7.34. The molecule has 1 heterocycles. The number of aliphatic hydroxyl groups is 1. The zero-order valence-electron chi connectivity index (χ0n) is 13.4. The Morgan fingerprint density at radius 2 is 2.00 bits per heavy atom. The number of aryl methyl sites for hydroxylation is 2. The van der Waals surface area contributed by atoms with E-state index in [4.69, 9.17) is 4.42 Å². The minimum Gasteiger partial charge on any atom is -0.463 e. The van der Waals surface area contributed by atoms with Crippen molar-refractivity contribution in [2.24, 2.45) is 0 Å². The molecule has 2 amide bonds. The normalized spacial score (nSPS) is 13.4. The zero-order valence-corrected chi connectivity index (χ0v) is 13.4. The van der Waals surface area contributed by atoms with Crippen LogP contribution in [0.25, 0.3) is 0 Å². The number of nitrogens with one attached hydrogen (secondary N) is 2. The average Bonchev–Trinajstić information content (AvgIpc) is 2.94. The predicted molar refractivity (Wildman–Crippen MR) is 84.4 cm³/mol. The van der Waals surface area contributed by atoms with E-state index >= 15 is 0 Å². The average molecular weight is 320 g/mol. The Kier molecular flexibility index (Phi) is 5.05. The summed E-state index contributed by atoms with van der Waals surface area (Å²) < 4.78 is 18.8. The standard InChI is InChI=1S/C17H21FN2O3/c1-11-4-6-13(8-14(11)18)9-19-16(21)20-10-17(3,22)15-7-5-12(2)23-15/h4-8,22H,9-10H2,1-3H3,(H2,19,20,21). The molecule has 6 heteroatoms. The number of hydrogen-bond donors (Lipinski definition) is 3. The Labute approximate surface area is 134 Å². The fourth-order valence-corrected chi connectivity index (χ4v) is 2.05. The molecule has 0 aliphatic carbocycles. The van der Waals surface area contributed by atoms with Crippen LogP contribution in [0.4, 0.5) is 9.18 Å². The van der Waals surface area contributed by atoms with E-state index in [-0.39, 0.29) is 18.9 Å². The molecule has 3 N–H and O–H groups in total. The fraction of sp³-hybridized carbons (Fsp3) is 0.353. The van der Waals surface area contributed by atoms with Crippen molar-refractivity contribution in [1.29, 1.82) is 0 Å². The first kappa shape index (κ1) is 17.0. The first-order valence-corrected chi connectivity index (χ1v) is 7.34. The Bertz CT molecular complexity index is 695. The summed E-state index contributed by atoms with van der Waals surface area (Å²) in [5.41, 5.74) is -0.0821. The Balaban J connectivity index is 1.84. The lowest BCUT2D eigenvalue weighted by Crippen LogP contribution is -2.43. The van der Waals surface area contributed by atoms with Crippen LogP contribution in [0.1, 0.15) is 29.6 Å². The highest BCUT2D eigenvalue weighted by molar-refractivity contribution is 5.73. The summed E-state index contributed by atoms with van der Waals surface area (Å²) in [5, 5.41) is 15.5. The van der Waals surface area contributed by atoms with E-state index < -0.39 is 11.6 Å². The Morgan fingerprint density at radius 1 is 1.26 bits per heavy atom. The van der Waals surface area contributed by atoms with Gasteiger partial charge in [-0.25, -0.2) is 9.18 Å². The molecule has 124 valence electrons. The van der Waals surface area contributed by atoms with Gasteiger partial charge in [-0.3, -0.25) is 0 Å². The molecule has 1 unspecified atom stereocenters. The third-order valence-electron chi connectivity index (χ3n) is 3.55. The van der Waals surface area contributed by atoms with Crippen molar-refractivity contribution < 1.29 is 18.7 Å². The largest absolute Gasteiger partial charge is 0.463 e. The van der Waals surface area contributed by atoms with Gasteiger partial charge in [0.25, 0.3) is 0 Å². The van der Waals surface area contributed by atoms with Crippen LogP contribution in [0.15, 0.2) is 34.7 Å². The lowest BCUT2D eigenvalue weighted by Gasteiger charge is -2.21. The summed E-state index contributed by atoms with van der Waals surface area (Å²) in [6.45, 7) is 5.21. The summed E-state index contributed by atoms with van der Waals surface area (Å²) in [6, 6.07) is 7.76. The van der Waals surface area contributed by atoms with E-state index in [9.17, 15) is 14.3 Å². The van der Waals surface area contributed by atoms with Crippen molar-refractivity contribution in [2.75, 3.05) is 6.54 Å². The second-order valence-electron chi connectivity index (χ2n) is 5.80. The summed E-state index contributed by atoms with van der Waals surface area (Å²) >= 11 is 0. The second kappa shape index (κ2) is 6.83. The second-order valence-corrected chi connectivity index (χ2v) is 5.80. The summed E-state index contributed by atoms with van der Waals surface area (Å²) in [6.07, 6.45) is 0. The maximum absolute atomic E-state index is 13.4. The van der Waals surface area contributed by atoms with E-state index in [1.165, 1.54) is 6.07 Å². The van der Waals surface area contributed by atoms with Gasteiger partial charge >= 0.3 is 6.03 Å². The Morgan fingerprint density at radius 3 is 2.61 bits per heavy atom. The summed E-state index contributed by atoms with van der Waals surface area (Å²) in [4.78, 5) is 11.8. The van der Waals surface area contributed by atoms with Gasteiger partial charge in [-0.1, -0.05) is 12.1 Å². The molecule has 23 heavy (non-hydrogen) atoms. The smallest absolute Gasteiger partial charge is 0.315 e. The molecule has 0 saturated heterocycles. The lowest BCUT2D eigenvalue weighted by atomic mass is 10.0. The van der Waals surface area contributed by atoms with Gasteiger partial charge < -0.3 is 20.2 Å². The molecular weight excluding hydrogens is 299 g/mol. The molecule has 1 atom stereocenters. The van der Waals surface area contributed by atoms with Gasteiger partial charge in [0.2, 0.25) is 0 Å². The van der Waals surface area contributed by atoms with E-state index in [0.29, 0.717) is 22.6 Å². The fourth-order valence-electron chi connectivity index (χ4n) is 2.05. The SMILES string of the molecule is Cc1ccc(C(C)(O)CNC(=O)NCc2ccc(C)c(F)c2)o1. The van der Waals surface area contributed by atoms with Crippen LogP contribution in [0, 0.1) is 19.7 Å². The molecule has 0 radical (unpaired) electrons. The van der Waals surface area contributed by atoms with Gasteiger partial charge in [-0.15, -0.1) is 0 Å². The van der Waals surface area contributed by atoms with Crippen LogP contribution < -0.4 is 10.6 Å². The van der Waals surface area contributed by atoms with Crippen molar-refractivity contribution in [1.82, 2.24) is 10.6 Å². The topological polar surface area (TPSA) is 74.5 Å². The number of hydrogen-bond acceptors (Lipinski definition) is 3. The van der Waals surface area contributed by atoms with Gasteiger partial charge in [0.1, 0.15) is 22.9 Å². The lowest BCUT2D eigenvalue weighted by molar-refractivity contribution is 0.0360. The number of rotatable bonds is 5. The van der Waals surface area contributed by atoms with Gasteiger partial charge in [0, 0.05) is 6.54 Å². The number of furan rings is 1. The summed E-state index contributed by atoms with van der Waals surface area (Å²) in [7, 11) is 0. The maximum Gasteiger partial charge on any atom is 0.315 e. The summed E-state index contributed by atoms with van der Waals surface area (Å²) in [5.74, 6) is 0.767. The van der Waals surface area contributed by atoms with Crippen LogP contribution in [-0.4, -0.2) is 17.7 Å². The van der Waals surface area contributed by atoms with Crippen molar-refractivity contribution in [3.8, 4) is 0 Å². The highest BCUT2D eigenvalue weighted by Gasteiger charge is 2.27. The van der Waals surface area contributed by atoms with Crippen molar-refractivity contribution in [3.05, 3.63) is 58.8 Å². The quantitative estimate of drug-likeness (QED) is 0.793. The molecule has 2 rings (SSSR count). The first-order chi connectivity index (χ1) is 10.8. The number of urea groups is 1. The molecule has 0 aliphatic heterocycles. The number of halogens is 1. The van der Waals surface area contributed by atoms with E-state index in [2.05, 4.69) is 10.6 Å². The van der Waals surface area contributed by atoms with E-state index in [0.717, 1.165) is 0 Å². The van der Waals surface area contributed by atoms with Crippen molar-refractivity contribution in [3.63, 3.8) is 0 Å². The maximum atomic E-state index is 13.4. The predicted octanol–water partition coefficient (Wildman–Crippen LogP) is 2.74. The molecule has 0 saturated carbocycles. The van der Waals surface area contributed by atoms with Gasteiger partial charge in [-0.2, -0.15) is 0 Å². The highest BCUT2D eigenvalue weighted by atomic mass is 19.1. The number of amides is 2. The van der Waals surface area contributed by atoms with Crippen molar-refractivity contribution >= 4 is 6.03 Å². The molecule has 0 spiro atoms. The third-order valence-corrected chi connectivity index (χ3v) is 3.55. The minimum absolute atomic E-state index is 0.00591. The van der Waals surface area contributed by atoms with Crippen LogP contribution in [0.2, 0.25) is 0 Å². The van der Waals surface area contributed by atoms with Crippen LogP contribution in [0.3, 0.4) is 0 Å². The molecule has 1 aromatic carbocycles. The monoisotopic (exact) mass is 320 g/mol. The molecule has 0 fully saturated rings. The van der Waals surface area contributed by atoms with Crippen LogP contribution in [-0.2, 0) is 12.1 Å². The van der Waals surface area contributed by atoms with E-state index in [1.807, 2.05) is 0 Å². The number of benzene rings is 1. The van der Waals surface area contributed by atoms with Gasteiger partial charge in [0.05, 0.1) is 6.54 Å². The third kappa shape index (κ3) is 4.56. The Hall–Kier alpha value is -2.34. The number of carbonyl (C=O) groups excluding carboxylic acids is 1. The molecule has 1 aromatic heterocycles. The molecule has 0 bridgehead atoms. The molecule has 0 aliphatic rings. The van der Waals surface area contributed by atoms with Crippen molar-refractivity contribution in [2.45, 2.75) is 32.9 Å². The molecule has 2 aromatic rings. The number of carbonyl (C=O) groups is 1. The van der Waals surface area contributed by atoms with Crippen LogP contribution >= 0.6 is 0 Å². The van der Waals surface area contributed by atoms with Crippen LogP contribution in [0.5, 0.6) is 0 Å².